The van der Waals surface area contributed by atoms with E-state index < -0.39 is 30.2 Å². The number of amides is 1. The molecule has 1 rings (SSSR count). The molecule has 8 heteroatoms. The Labute approximate surface area is 101 Å². The van der Waals surface area contributed by atoms with Crippen LogP contribution >= 0.6 is 0 Å². The number of carbonyl (C=O) groups is 2. The van der Waals surface area contributed by atoms with Gasteiger partial charge in [-0.2, -0.15) is 13.2 Å². The molecule has 1 fully saturated rings. The second-order valence-electron chi connectivity index (χ2n) is 3.87. The maximum atomic E-state index is 12.3. The van der Waals surface area contributed by atoms with Gasteiger partial charge in [-0.15, -0.1) is 6.58 Å². The minimum atomic E-state index is -5.02. The Bertz CT molecular complexity index is 369. The average molecular weight is 267 g/mol. The van der Waals surface area contributed by atoms with Crippen molar-refractivity contribution in [3.05, 3.63) is 12.7 Å². The Morgan fingerprint density at radius 2 is 2.11 bits per heavy atom. The Morgan fingerprint density at radius 3 is 2.56 bits per heavy atom. The molecule has 1 aliphatic heterocycles. The van der Waals surface area contributed by atoms with Crippen molar-refractivity contribution in [1.82, 2.24) is 4.90 Å². The van der Waals surface area contributed by atoms with Crippen LogP contribution < -0.4 is 0 Å². The third kappa shape index (κ3) is 2.81. The Morgan fingerprint density at radius 1 is 1.50 bits per heavy atom. The average Bonchev–Trinajstić information content (AvgIpc) is 2.27. The molecule has 1 amide bonds. The second-order valence-corrected chi connectivity index (χ2v) is 3.87. The number of ether oxygens (including phenoxy) is 1. The van der Waals surface area contributed by atoms with E-state index in [2.05, 4.69) is 6.58 Å². The number of carbonyl (C=O) groups excluding carboxylic acids is 1. The number of morpholine rings is 1. The van der Waals surface area contributed by atoms with Crippen LogP contribution in [0.25, 0.3) is 0 Å². The summed E-state index contributed by atoms with van der Waals surface area (Å²) in [5.41, 5.74) is -1.85. The van der Waals surface area contributed by atoms with Gasteiger partial charge in [-0.05, 0) is 0 Å². The lowest BCUT2D eigenvalue weighted by molar-refractivity contribution is -0.202. The molecule has 0 aromatic rings. The van der Waals surface area contributed by atoms with Gasteiger partial charge in [0, 0.05) is 13.0 Å². The van der Waals surface area contributed by atoms with E-state index >= 15 is 0 Å². The molecule has 1 N–H and O–H groups in total. The van der Waals surface area contributed by atoms with E-state index in [0.717, 1.165) is 0 Å². The molecule has 1 atom stereocenters. The van der Waals surface area contributed by atoms with Crippen LogP contribution in [-0.2, 0) is 14.3 Å². The summed E-state index contributed by atoms with van der Waals surface area (Å²) in [5, 5.41) is 9.03. The molecule has 1 saturated heterocycles. The number of aliphatic carboxylic acids is 1. The smallest absolute Gasteiger partial charge is 0.471 e. The van der Waals surface area contributed by atoms with Gasteiger partial charge >= 0.3 is 18.1 Å². The first-order chi connectivity index (χ1) is 8.23. The maximum Gasteiger partial charge on any atom is 0.471 e. The van der Waals surface area contributed by atoms with Crippen LogP contribution in [0.15, 0.2) is 12.7 Å². The summed E-state index contributed by atoms with van der Waals surface area (Å²) < 4.78 is 41.8. The summed E-state index contributed by atoms with van der Waals surface area (Å²) in [5.74, 6) is -3.47. The maximum absolute atomic E-state index is 12.3. The van der Waals surface area contributed by atoms with Crippen molar-refractivity contribution in [3.8, 4) is 0 Å². The van der Waals surface area contributed by atoms with Gasteiger partial charge in [0.05, 0.1) is 13.2 Å². The zero-order valence-corrected chi connectivity index (χ0v) is 9.37. The van der Waals surface area contributed by atoms with Crippen LogP contribution in [0.2, 0.25) is 0 Å². The summed E-state index contributed by atoms with van der Waals surface area (Å²) in [6.07, 6.45) is -3.96. The zero-order chi connectivity index (χ0) is 14.0. The molecule has 1 aliphatic rings. The van der Waals surface area contributed by atoms with Gasteiger partial charge in [0.1, 0.15) is 0 Å². The van der Waals surface area contributed by atoms with Crippen molar-refractivity contribution in [2.24, 2.45) is 0 Å². The number of hydrogen-bond donors (Lipinski definition) is 1. The van der Waals surface area contributed by atoms with Gasteiger partial charge in [0.25, 0.3) is 0 Å². The molecule has 1 heterocycles. The van der Waals surface area contributed by atoms with Crippen molar-refractivity contribution in [2.75, 3.05) is 19.7 Å². The van der Waals surface area contributed by atoms with Crippen molar-refractivity contribution < 1.29 is 32.6 Å². The van der Waals surface area contributed by atoms with Gasteiger partial charge in [0.15, 0.2) is 5.60 Å². The molecular weight excluding hydrogens is 255 g/mol. The van der Waals surface area contributed by atoms with Crippen LogP contribution in [0.4, 0.5) is 13.2 Å². The number of halogens is 3. The van der Waals surface area contributed by atoms with E-state index in [-0.39, 0.29) is 19.6 Å². The first-order valence-corrected chi connectivity index (χ1v) is 5.07. The normalized spacial score (nSPS) is 24.7. The summed E-state index contributed by atoms with van der Waals surface area (Å²) in [6.45, 7) is 2.14. The molecule has 102 valence electrons. The highest BCUT2D eigenvalue weighted by atomic mass is 19.4. The van der Waals surface area contributed by atoms with Gasteiger partial charge in [-0.1, -0.05) is 6.08 Å². The predicted molar refractivity (Wildman–Crippen MR) is 53.8 cm³/mol. The molecule has 0 radical (unpaired) electrons. The highest BCUT2D eigenvalue weighted by Gasteiger charge is 2.49. The molecule has 0 aromatic heterocycles. The highest BCUT2D eigenvalue weighted by Crippen LogP contribution is 2.26. The van der Waals surface area contributed by atoms with Crippen LogP contribution in [-0.4, -0.2) is 53.4 Å². The molecule has 1 unspecified atom stereocenters. The number of carboxylic acid groups (broad SMARTS) is 1. The minimum absolute atomic E-state index is 0.177. The van der Waals surface area contributed by atoms with Crippen molar-refractivity contribution >= 4 is 11.9 Å². The Hall–Kier alpha value is -1.57. The monoisotopic (exact) mass is 267 g/mol. The summed E-state index contributed by atoms with van der Waals surface area (Å²) in [6, 6.07) is 0. The largest absolute Gasteiger partial charge is 0.479 e. The minimum Gasteiger partial charge on any atom is -0.479 e. The Kier molecular flexibility index (Phi) is 4.00. The second kappa shape index (κ2) is 4.97. The standard InChI is InChI=1S/C10H12F3NO4/c1-2-3-9(8(16)17)6-14(4-5-18-9)7(15)10(11,12)13/h2H,1,3-6H2,(H,16,17). The summed E-state index contributed by atoms with van der Waals surface area (Å²) >= 11 is 0. The van der Waals surface area contributed by atoms with E-state index in [1.807, 2.05) is 0 Å². The third-order valence-electron chi connectivity index (χ3n) is 2.58. The Balaban J connectivity index is 2.91. The highest BCUT2D eigenvalue weighted by molar-refractivity contribution is 5.84. The van der Waals surface area contributed by atoms with Gasteiger partial charge in [-0.25, -0.2) is 4.79 Å². The molecule has 0 spiro atoms. The lowest BCUT2D eigenvalue weighted by atomic mass is 9.97. The van der Waals surface area contributed by atoms with E-state index in [9.17, 15) is 22.8 Å². The molecule has 0 aliphatic carbocycles. The molecule has 0 bridgehead atoms. The molecule has 18 heavy (non-hydrogen) atoms. The fourth-order valence-electron chi connectivity index (χ4n) is 1.71. The van der Waals surface area contributed by atoms with Crippen molar-refractivity contribution in [3.63, 3.8) is 0 Å². The molecule has 0 aromatic carbocycles. The third-order valence-corrected chi connectivity index (χ3v) is 2.58. The molecular formula is C10H12F3NO4. The number of hydrogen-bond acceptors (Lipinski definition) is 3. The van der Waals surface area contributed by atoms with Crippen LogP contribution in [0.3, 0.4) is 0 Å². The predicted octanol–water partition coefficient (Wildman–Crippen LogP) is 0.807. The van der Waals surface area contributed by atoms with Crippen LogP contribution in [0, 0.1) is 0 Å². The zero-order valence-electron chi connectivity index (χ0n) is 9.37. The van der Waals surface area contributed by atoms with Crippen molar-refractivity contribution in [2.45, 2.75) is 18.2 Å². The van der Waals surface area contributed by atoms with Crippen molar-refractivity contribution in [1.29, 1.82) is 0 Å². The number of alkyl halides is 3. The SMILES string of the molecule is C=CCC1(C(=O)O)CN(C(=O)C(F)(F)F)CCO1. The number of rotatable bonds is 3. The van der Waals surface area contributed by atoms with E-state index in [1.165, 1.54) is 6.08 Å². The topological polar surface area (TPSA) is 66.8 Å². The quantitative estimate of drug-likeness (QED) is 0.768. The summed E-state index contributed by atoms with van der Waals surface area (Å²) in [4.78, 5) is 22.6. The van der Waals surface area contributed by atoms with E-state index in [4.69, 9.17) is 9.84 Å². The van der Waals surface area contributed by atoms with Crippen LogP contribution in [0.5, 0.6) is 0 Å². The number of carboxylic acids is 1. The van der Waals surface area contributed by atoms with E-state index in [1.54, 1.807) is 0 Å². The summed E-state index contributed by atoms with van der Waals surface area (Å²) in [7, 11) is 0. The fraction of sp³-hybridized carbons (Fsp3) is 0.600. The first-order valence-electron chi connectivity index (χ1n) is 5.07. The molecule has 5 nitrogen and oxygen atoms in total. The van der Waals surface area contributed by atoms with Gasteiger partial charge < -0.3 is 14.7 Å². The first kappa shape index (κ1) is 14.5. The fourth-order valence-corrected chi connectivity index (χ4v) is 1.71. The lowest BCUT2D eigenvalue weighted by Crippen LogP contribution is -2.59. The van der Waals surface area contributed by atoms with Gasteiger partial charge in [-0.3, -0.25) is 4.79 Å². The number of nitrogens with zero attached hydrogens (tertiary/aromatic N) is 1. The van der Waals surface area contributed by atoms with Gasteiger partial charge in [0.2, 0.25) is 0 Å². The van der Waals surface area contributed by atoms with Crippen LogP contribution in [0.1, 0.15) is 6.42 Å². The molecule has 0 saturated carbocycles. The van der Waals surface area contributed by atoms with E-state index in [0.29, 0.717) is 4.90 Å². The lowest BCUT2D eigenvalue weighted by Gasteiger charge is -2.39.